The van der Waals surface area contributed by atoms with Gasteiger partial charge in [-0.3, -0.25) is 4.99 Å². The maximum absolute atomic E-state index is 6.23. The zero-order chi connectivity index (χ0) is 19.4. The van der Waals surface area contributed by atoms with Crippen LogP contribution in [0, 0.1) is 5.92 Å². The van der Waals surface area contributed by atoms with Gasteiger partial charge < -0.3 is 21.0 Å². The average molecular weight is 377 g/mol. The van der Waals surface area contributed by atoms with Crippen molar-refractivity contribution < 1.29 is 0 Å². The molecule has 1 unspecified atom stereocenters. The average Bonchev–Trinajstić information content (AvgIpc) is 3.29. The molecule has 3 fully saturated rings. The van der Waals surface area contributed by atoms with Crippen LogP contribution in [0.5, 0.6) is 0 Å². The summed E-state index contributed by atoms with van der Waals surface area (Å²) >= 11 is 0. The molecule has 0 aromatic rings. The van der Waals surface area contributed by atoms with Gasteiger partial charge in [0.15, 0.2) is 5.96 Å². The van der Waals surface area contributed by atoms with E-state index in [-0.39, 0.29) is 6.17 Å². The summed E-state index contributed by atoms with van der Waals surface area (Å²) in [5.41, 5.74) is 7.40. The van der Waals surface area contributed by atoms with E-state index in [0.29, 0.717) is 12.0 Å². The molecular weight excluding hydrogens is 336 g/mol. The Morgan fingerprint density at radius 3 is 2.37 bits per heavy atom. The number of nitrogens with two attached hydrogens (primary N) is 1. The number of hydrazine groups is 1. The van der Waals surface area contributed by atoms with Gasteiger partial charge in [-0.15, -0.1) is 0 Å². The van der Waals surface area contributed by atoms with Crippen molar-refractivity contribution in [3.63, 3.8) is 0 Å². The monoisotopic (exact) mass is 376 g/mol. The van der Waals surface area contributed by atoms with Gasteiger partial charge in [-0.05, 0) is 83.7 Å². The highest BCUT2D eigenvalue weighted by Crippen LogP contribution is 2.35. The van der Waals surface area contributed by atoms with Crippen LogP contribution < -0.4 is 11.1 Å². The lowest BCUT2D eigenvalue weighted by Gasteiger charge is -2.37. The zero-order valence-corrected chi connectivity index (χ0v) is 17.7. The Balaban J connectivity index is 1.41. The van der Waals surface area contributed by atoms with Gasteiger partial charge in [-0.2, -0.15) is 0 Å². The molecule has 1 saturated heterocycles. The van der Waals surface area contributed by atoms with Gasteiger partial charge in [0, 0.05) is 25.8 Å². The topological polar surface area (TPSA) is 60.1 Å². The Morgan fingerprint density at radius 2 is 1.78 bits per heavy atom. The molecule has 3 aliphatic rings. The highest BCUT2D eigenvalue weighted by atomic mass is 15.6. The third kappa shape index (κ3) is 5.85. The molecule has 0 spiro atoms. The van der Waals surface area contributed by atoms with Crippen molar-refractivity contribution in [2.75, 3.05) is 27.2 Å². The second kappa shape index (κ2) is 9.28. The summed E-state index contributed by atoms with van der Waals surface area (Å²) < 4.78 is 0. The van der Waals surface area contributed by atoms with Crippen molar-refractivity contribution in [3.05, 3.63) is 12.3 Å². The summed E-state index contributed by atoms with van der Waals surface area (Å²) in [5, 5.41) is 7.65. The smallest absolute Gasteiger partial charge is 0.190 e. The van der Waals surface area contributed by atoms with Gasteiger partial charge in [-0.25, -0.2) is 5.01 Å². The molecule has 3 rings (SSSR count). The largest absolute Gasteiger partial charge is 0.370 e. The van der Waals surface area contributed by atoms with Crippen LogP contribution in [0.2, 0.25) is 0 Å². The molecule has 1 aliphatic heterocycles. The van der Waals surface area contributed by atoms with Gasteiger partial charge >= 0.3 is 0 Å². The van der Waals surface area contributed by atoms with Crippen molar-refractivity contribution in [1.29, 1.82) is 0 Å². The second-order valence-corrected chi connectivity index (χ2v) is 8.85. The maximum Gasteiger partial charge on any atom is 0.190 e. The minimum Gasteiger partial charge on any atom is -0.370 e. The van der Waals surface area contributed by atoms with Crippen molar-refractivity contribution >= 4 is 5.96 Å². The zero-order valence-electron chi connectivity index (χ0n) is 17.7. The lowest BCUT2D eigenvalue weighted by molar-refractivity contribution is 0.0153. The molecule has 0 aromatic carbocycles. The van der Waals surface area contributed by atoms with Crippen LogP contribution in [-0.2, 0) is 0 Å². The molecule has 6 nitrogen and oxygen atoms in total. The summed E-state index contributed by atoms with van der Waals surface area (Å²) in [7, 11) is 4.15. The number of nitrogens with zero attached hydrogens (tertiary/aromatic N) is 4. The molecule has 3 N–H and O–H groups in total. The molecule has 0 radical (unpaired) electrons. The molecular formula is C21H40N6. The van der Waals surface area contributed by atoms with E-state index >= 15 is 0 Å². The van der Waals surface area contributed by atoms with Crippen LogP contribution in [0.15, 0.2) is 17.3 Å². The molecule has 27 heavy (non-hydrogen) atoms. The molecule has 1 atom stereocenters. The highest BCUT2D eigenvalue weighted by Gasteiger charge is 2.28. The third-order valence-corrected chi connectivity index (χ3v) is 6.71. The van der Waals surface area contributed by atoms with Crippen molar-refractivity contribution in [2.24, 2.45) is 16.6 Å². The Morgan fingerprint density at radius 1 is 1.15 bits per heavy atom. The fraction of sp³-hybridized carbons (Fsp3) is 0.857. The Labute approximate surface area is 165 Å². The number of nitrogens with one attached hydrogen (secondary N) is 1. The van der Waals surface area contributed by atoms with Crippen molar-refractivity contribution in [2.45, 2.75) is 83.0 Å². The van der Waals surface area contributed by atoms with Crippen LogP contribution in [0.3, 0.4) is 0 Å². The second-order valence-electron chi connectivity index (χ2n) is 8.85. The first kappa shape index (κ1) is 20.5. The molecule has 0 amide bonds. The predicted molar refractivity (Wildman–Crippen MR) is 113 cm³/mol. The molecule has 2 saturated carbocycles. The summed E-state index contributed by atoms with van der Waals surface area (Å²) in [6.45, 7) is 8.95. The first-order valence-corrected chi connectivity index (χ1v) is 10.9. The molecule has 0 aromatic heterocycles. The first-order chi connectivity index (χ1) is 12.9. The molecule has 154 valence electrons. The number of rotatable bonds is 8. The van der Waals surface area contributed by atoms with Crippen LogP contribution in [0.1, 0.15) is 64.7 Å². The lowest BCUT2D eigenvalue weighted by atomic mass is 9.90. The lowest BCUT2D eigenvalue weighted by Crippen LogP contribution is -2.52. The summed E-state index contributed by atoms with van der Waals surface area (Å²) in [4.78, 5) is 7.46. The summed E-state index contributed by atoms with van der Waals surface area (Å²) in [6, 6.07) is 1.15. The van der Waals surface area contributed by atoms with Crippen molar-refractivity contribution in [1.82, 2.24) is 20.2 Å². The summed E-state index contributed by atoms with van der Waals surface area (Å²) in [5.74, 6) is 1.42. The van der Waals surface area contributed by atoms with Crippen molar-refractivity contribution in [3.8, 4) is 0 Å². The van der Waals surface area contributed by atoms with E-state index in [1.54, 1.807) is 0 Å². The van der Waals surface area contributed by atoms with Crippen LogP contribution in [0.25, 0.3) is 0 Å². The van der Waals surface area contributed by atoms with E-state index < -0.39 is 0 Å². The predicted octanol–water partition coefficient (Wildman–Crippen LogP) is 2.74. The minimum atomic E-state index is 0.0793. The van der Waals surface area contributed by atoms with Crippen LogP contribution in [-0.4, -0.2) is 66.3 Å². The summed E-state index contributed by atoms with van der Waals surface area (Å²) in [6.07, 6.45) is 11.5. The van der Waals surface area contributed by atoms with Gasteiger partial charge in [0.2, 0.25) is 0 Å². The van der Waals surface area contributed by atoms with E-state index in [4.69, 9.17) is 10.7 Å². The Bertz CT molecular complexity index is 515. The Kier molecular flexibility index (Phi) is 7.04. The normalized spacial score (nSPS) is 28.4. The van der Waals surface area contributed by atoms with E-state index in [0.717, 1.165) is 31.2 Å². The standard InChI is InChI=1S/C21H40N6/c1-16(15-18-7-8-18)25(3)26(4)17(2)23-21(22)24-19-9-11-20(12-10-19)27-13-5-6-14-27/h17-20H,1,5-15H2,2-4H3,(H3,22,23,24). The fourth-order valence-electron chi connectivity index (χ4n) is 4.47. The fourth-order valence-corrected chi connectivity index (χ4v) is 4.47. The molecule has 1 heterocycles. The van der Waals surface area contributed by atoms with E-state index in [9.17, 15) is 0 Å². The molecule has 2 aliphatic carbocycles. The first-order valence-electron chi connectivity index (χ1n) is 10.9. The number of likely N-dealkylation sites (tertiary alicyclic amines) is 1. The number of guanidine groups is 1. The Hall–Kier alpha value is -1.27. The third-order valence-electron chi connectivity index (χ3n) is 6.71. The number of hydrogen-bond acceptors (Lipinski definition) is 4. The van der Waals surface area contributed by atoms with E-state index in [2.05, 4.69) is 47.8 Å². The minimum absolute atomic E-state index is 0.0793. The number of hydrogen-bond donors (Lipinski definition) is 2. The quantitative estimate of drug-likeness (QED) is 0.295. The molecule has 0 bridgehead atoms. The van der Waals surface area contributed by atoms with Gasteiger partial charge in [0.25, 0.3) is 0 Å². The van der Waals surface area contributed by atoms with Gasteiger partial charge in [0.1, 0.15) is 0 Å². The number of aliphatic imine (C=N–C) groups is 1. The SMILES string of the molecule is C=C(CC1CC1)N(C)N(C)C(C)NC(N)=NC1CCC(N2CCCC2)CC1. The van der Waals surface area contributed by atoms with Crippen LogP contribution in [0.4, 0.5) is 0 Å². The van der Waals surface area contributed by atoms with E-state index in [1.807, 2.05) is 0 Å². The molecule has 6 heteroatoms. The van der Waals surface area contributed by atoms with Gasteiger partial charge in [-0.1, -0.05) is 6.58 Å². The maximum atomic E-state index is 6.23. The van der Waals surface area contributed by atoms with E-state index in [1.165, 1.54) is 57.3 Å². The van der Waals surface area contributed by atoms with Crippen LogP contribution >= 0.6 is 0 Å². The number of allylic oxidation sites excluding steroid dienone is 1. The van der Waals surface area contributed by atoms with Gasteiger partial charge in [0.05, 0.1) is 12.2 Å². The highest BCUT2D eigenvalue weighted by molar-refractivity contribution is 5.78.